The number of benzene rings is 1. The van der Waals surface area contributed by atoms with E-state index in [0.717, 1.165) is 6.42 Å². The van der Waals surface area contributed by atoms with E-state index in [1.807, 2.05) is 0 Å². The second-order valence-corrected chi connectivity index (χ2v) is 4.45. The van der Waals surface area contributed by atoms with Crippen molar-refractivity contribution < 1.29 is 19.1 Å². The number of carbonyl (C=O) groups excluding carboxylic acids is 2. The molecule has 0 aliphatic heterocycles. The summed E-state index contributed by atoms with van der Waals surface area (Å²) in [5.74, 6) is -1.89. The summed E-state index contributed by atoms with van der Waals surface area (Å²) in [5.41, 5.74) is 0.959. The first-order valence-electron chi connectivity index (χ1n) is 6.51. The lowest BCUT2D eigenvalue weighted by Gasteiger charge is -2.08. The van der Waals surface area contributed by atoms with Crippen molar-refractivity contribution in [2.75, 3.05) is 18.5 Å². The smallest absolute Gasteiger partial charge is 0.313 e. The largest absolute Gasteiger partial charge is 0.396 e. The molecule has 0 bridgehead atoms. The van der Waals surface area contributed by atoms with Crippen LogP contribution in [0.3, 0.4) is 0 Å². The van der Waals surface area contributed by atoms with E-state index in [9.17, 15) is 14.0 Å². The molecule has 0 spiro atoms. The van der Waals surface area contributed by atoms with E-state index in [1.54, 1.807) is 6.92 Å². The third-order valence-corrected chi connectivity index (χ3v) is 2.76. The van der Waals surface area contributed by atoms with Crippen LogP contribution in [0.4, 0.5) is 10.1 Å². The topological polar surface area (TPSA) is 78.4 Å². The fourth-order valence-electron chi connectivity index (χ4n) is 1.64. The predicted molar refractivity (Wildman–Crippen MR) is 73.7 cm³/mol. The van der Waals surface area contributed by atoms with Gasteiger partial charge in [-0.15, -0.1) is 0 Å². The Morgan fingerprint density at radius 3 is 2.60 bits per heavy atom. The van der Waals surface area contributed by atoms with Crippen LogP contribution in [0, 0.1) is 12.7 Å². The number of amides is 2. The van der Waals surface area contributed by atoms with Gasteiger partial charge >= 0.3 is 11.8 Å². The van der Waals surface area contributed by atoms with E-state index in [1.165, 1.54) is 18.2 Å². The van der Waals surface area contributed by atoms with Gasteiger partial charge in [0.05, 0.1) is 0 Å². The molecule has 1 rings (SSSR count). The highest BCUT2D eigenvalue weighted by Crippen LogP contribution is 2.15. The third-order valence-electron chi connectivity index (χ3n) is 2.76. The van der Waals surface area contributed by atoms with Crippen molar-refractivity contribution >= 4 is 17.5 Å². The molecule has 0 aromatic heterocycles. The van der Waals surface area contributed by atoms with E-state index in [0.29, 0.717) is 30.6 Å². The van der Waals surface area contributed by atoms with Gasteiger partial charge in [-0.05, 0) is 49.9 Å². The molecule has 0 saturated heterocycles. The first-order valence-corrected chi connectivity index (χ1v) is 6.51. The first kappa shape index (κ1) is 16.1. The highest BCUT2D eigenvalue weighted by molar-refractivity contribution is 6.39. The van der Waals surface area contributed by atoms with Gasteiger partial charge in [0.25, 0.3) is 0 Å². The molecule has 20 heavy (non-hydrogen) atoms. The van der Waals surface area contributed by atoms with Crippen molar-refractivity contribution in [3.63, 3.8) is 0 Å². The van der Waals surface area contributed by atoms with Crippen LogP contribution < -0.4 is 10.6 Å². The average Bonchev–Trinajstić information content (AvgIpc) is 2.41. The highest BCUT2D eigenvalue weighted by atomic mass is 19.1. The molecule has 0 unspecified atom stereocenters. The first-order chi connectivity index (χ1) is 9.54. The van der Waals surface area contributed by atoms with Gasteiger partial charge in [-0.3, -0.25) is 9.59 Å². The zero-order valence-corrected chi connectivity index (χ0v) is 11.4. The minimum absolute atomic E-state index is 0.123. The Morgan fingerprint density at radius 2 is 1.95 bits per heavy atom. The summed E-state index contributed by atoms with van der Waals surface area (Å²) in [5, 5.41) is 13.5. The Balaban J connectivity index is 2.39. The minimum Gasteiger partial charge on any atom is -0.396 e. The molecule has 1 aromatic carbocycles. The van der Waals surface area contributed by atoms with Crippen LogP contribution in [0.2, 0.25) is 0 Å². The van der Waals surface area contributed by atoms with Gasteiger partial charge in [0.15, 0.2) is 0 Å². The molecule has 0 aliphatic carbocycles. The summed E-state index contributed by atoms with van der Waals surface area (Å²) in [6.45, 7) is 2.15. The summed E-state index contributed by atoms with van der Waals surface area (Å²) in [6, 6.07) is 3.91. The Hall–Kier alpha value is -1.95. The molecule has 0 atom stereocenters. The van der Waals surface area contributed by atoms with E-state index >= 15 is 0 Å². The van der Waals surface area contributed by atoms with Crippen molar-refractivity contribution in [2.24, 2.45) is 0 Å². The summed E-state index contributed by atoms with van der Waals surface area (Å²) in [7, 11) is 0. The standard InChI is InChI=1S/C14H19FN2O3/c1-10-9-11(15)5-6-12(10)17-14(20)13(19)16-7-3-2-4-8-18/h5-6,9,18H,2-4,7-8H2,1H3,(H,16,19)(H,17,20). The zero-order chi connectivity index (χ0) is 15.0. The van der Waals surface area contributed by atoms with Gasteiger partial charge in [0.1, 0.15) is 5.82 Å². The van der Waals surface area contributed by atoms with Crippen molar-refractivity contribution in [1.29, 1.82) is 0 Å². The molecule has 0 saturated carbocycles. The predicted octanol–water partition coefficient (Wildman–Crippen LogP) is 1.35. The average molecular weight is 282 g/mol. The Morgan fingerprint density at radius 1 is 1.20 bits per heavy atom. The number of anilines is 1. The molecule has 3 N–H and O–H groups in total. The Bertz CT molecular complexity index is 477. The van der Waals surface area contributed by atoms with Crippen molar-refractivity contribution in [1.82, 2.24) is 5.32 Å². The summed E-state index contributed by atoms with van der Waals surface area (Å²) < 4.78 is 12.9. The number of hydrogen-bond donors (Lipinski definition) is 3. The maximum absolute atomic E-state index is 12.9. The number of aliphatic hydroxyl groups excluding tert-OH is 1. The molecule has 6 heteroatoms. The minimum atomic E-state index is -0.776. The van der Waals surface area contributed by atoms with Crippen LogP contribution in [-0.2, 0) is 9.59 Å². The molecule has 0 heterocycles. The molecule has 2 amide bonds. The van der Waals surface area contributed by atoms with Crippen molar-refractivity contribution in [3.8, 4) is 0 Å². The fraction of sp³-hybridized carbons (Fsp3) is 0.429. The van der Waals surface area contributed by atoms with Gasteiger partial charge in [-0.25, -0.2) is 4.39 Å². The normalized spacial score (nSPS) is 10.2. The monoisotopic (exact) mass is 282 g/mol. The third kappa shape index (κ3) is 5.36. The number of aryl methyl sites for hydroxylation is 1. The van der Waals surface area contributed by atoms with Gasteiger partial charge in [-0.2, -0.15) is 0 Å². The Kier molecular flexibility index (Phi) is 6.66. The van der Waals surface area contributed by atoms with E-state index in [-0.39, 0.29) is 6.61 Å². The lowest BCUT2D eigenvalue weighted by molar-refractivity contribution is -0.136. The molecular formula is C14H19FN2O3. The maximum Gasteiger partial charge on any atom is 0.313 e. The highest BCUT2D eigenvalue weighted by Gasteiger charge is 2.14. The summed E-state index contributed by atoms with van der Waals surface area (Å²) >= 11 is 0. The number of halogens is 1. The van der Waals surface area contributed by atoms with Gasteiger partial charge in [0.2, 0.25) is 0 Å². The second-order valence-electron chi connectivity index (χ2n) is 4.45. The molecular weight excluding hydrogens is 263 g/mol. The summed E-state index contributed by atoms with van der Waals surface area (Å²) in [6.07, 6.45) is 2.17. The molecule has 5 nitrogen and oxygen atoms in total. The summed E-state index contributed by atoms with van der Waals surface area (Å²) in [4.78, 5) is 23.1. The number of hydrogen-bond acceptors (Lipinski definition) is 3. The van der Waals surface area contributed by atoms with Gasteiger partial charge in [0, 0.05) is 18.8 Å². The number of rotatable bonds is 6. The van der Waals surface area contributed by atoms with Crippen LogP contribution in [0.25, 0.3) is 0 Å². The van der Waals surface area contributed by atoms with E-state index < -0.39 is 17.6 Å². The second kappa shape index (κ2) is 8.27. The number of unbranched alkanes of at least 4 members (excludes halogenated alkanes) is 2. The van der Waals surface area contributed by atoms with Crippen LogP contribution in [0.5, 0.6) is 0 Å². The maximum atomic E-state index is 12.9. The van der Waals surface area contributed by atoms with Crippen LogP contribution in [-0.4, -0.2) is 30.1 Å². The SMILES string of the molecule is Cc1cc(F)ccc1NC(=O)C(=O)NCCCCCO. The molecule has 110 valence electrons. The zero-order valence-electron chi connectivity index (χ0n) is 11.4. The number of aliphatic hydroxyl groups is 1. The van der Waals surface area contributed by atoms with Crippen LogP contribution in [0.1, 0.15) is 24.8 Å². The lowest BCUT2D eigenvalue weighted by Crippen LogP contribution is -2.36. The molecule has 0 aliphatic rings. The fourth-order valence-corrected chi connectivity index (χ4v) is 1.64. The number of carbonyl (C=O) groups is 2. The number of nitrogens with one attached hydrogen (secondary N) is 2. The van der Waals surface area contributed by atoms with Crippen molar-refractivity contribution in [3.05, 3.63) is 29.6 Å². The Labute approximate surface area is 117 Å². The molecule has 0 radical (unpaired) electrons. The lowest BCUT2D eigenvalue weighted by atomic mass is 10.2. The quantitative estimate of drug-likeness (QED) is 0.544. The molecule has 0 fully saturated rings. The molecule has 1 aromatic rings. The van der Waals surface area contributed by atoms with E-state index in [4.69, 9.17) is 5.11 Å². The van der Waals surface area contributed by atoms with Crippen molar-refractivity contribution in [2.45, 2.75) is 26.2 Å². The van der Waals surface area contributed by atoms with Crippen LogP contribution >= 0.6 is 0 Å². The van der Waals surface area contributed by atoms with Gasteiger partial charge in [-0.1, -0.05) is 0 Å². The van der Waals surface area contributed by atoms with E-state index in [2.05, 4.69) is 10.6 Å². The van der Waals surface area contributed by atoms with Gasteiger partial charge < -0.3 is 15.7 Å². The van der Waals surface area contributed by atoms with Crippen LogP contribution in [0.15, 0.2) is 18.2 Å².